The Morgan fingerprint density at radius 3 is 2.67 bits per heavy atom. The molecule has 2 amide bonds. The zero-order valence-corrected chi connectivity index (χ0v) is 14.5. The minimum atomic E-state index is -0.177. The van der Waals surface area contributed by atoms with Crippen molar-refractivity contribution < 1.29 is 9.59 Å². The van der Waals surface area contributed by atoms with Gasteiger partial charge in [-0.15, -0.1) is 11.3 Å². The Morgan fingerprint density at radius 1 is 1.29 bits per heavy atom. The molecule has 2 aromatic rings. The molecule has 1 N–H and O–H groups in total. The molecule has 0 radical (unpaired) electrons. The molecule has 1 aliphatic carbocycles. The summed E-state index contributed by atoms with van der Waals surface area (Å²) in [5.74, 6) is -0.129. The largest absolute Gasteiger partial charge is 0.330 e. The van der Waals surface area contributed by atoms with Crippen LogP contribution in [0.1, 0.15) is 30.5 Å². The number of hydrogen-bond donors (Lipinski definition) is 1. The molecule has 24 heavy (non-hydrogen) atoms. The number of aromatic nitrogens is 1. The van der Waals surface area contributed by atoms with Crippen molar-refractivity contribution in [3.8, 4) is 0 Å². The standard InChI is InChI=1S/C18H21N3O2S/c1-13-12-24-18(19-13)20-16(22)11-21(15-8-9-15)17(23)10-7-14-5-3-2-4-6-14/h2-6,12,15H,7-11H2,1H3,(H,19,20,22). The number of thiazole rings is 1. The van der Waals surface area contributed by atoms with Crippen LogP contribution >= 0.6 is 11.3 Å². The monoisotopic (exact) mass is 343 g/mol. The van der Waals surface area contributed by atoms with E-state index in [-0.39, 0.29) is 24.4 Å². The molecule has 1 aromatic carbocycles. The van der Waals surface area contributed by atoms with E-state index in [0.29, 0.717) is 18.0 Å². The Labute approximate surface area is 145 Å². The Balaban J connectivity index is 1.54. The van der Waals surface area contributed by atoms with Crippen molar-refractivity contribution in [1.82, 2.24) is 9.88 Å². The summed E-state index contributed by atoms with van der Waals surface area (Å²) in [6.07, 6.45) is 3.11. The Kier molecular flexibility index (Phi) is 5.25. The average Bonchev–Trinajstić information content (AvgIpc) is 3.34. The fourth-order valence-corrected chi connectivity index (χ4v) is 3.28. The highest BCUT2D eigenvalue weighted by atomic mass is 32.1. The summed E-state index contributed by atoms with van der Waals surface area (Å²) in [7, 11) is 0. The molecular formula is C18H21N3O2S. The fourth-order valence-electron chi connectivity index (χ4n) is 2.57. The lowest BCUT2D eigenvalue weighted by molar-refractivity contribution is -0.135. The molecule has 3 rings (SSSR count). The molecule has 0 saturated heterocycles. The molecule has 0 unspecified atom stereocenters. The predicted molar refractivity (Wildman–Crippen MR) is 95.0 cm³/mol. The summed E-state index contributed by atoms with van der Waals surface area (Å²) in [5, 5.41) is 5.26. The molecule has 6 heteroatoms. The molecule has 0 atom stereocenters. The summed E-state index contributed by atoms with van der Waals surface area (Å²) in [5.41, 5.74) is 2.03. The van der Waals surface area contributed by atoms with E-state index in [4.69, 9.17) is 0 Å². The van der Waals surface area contributed by atoms with Crippen LogP contribution in [0.5, 0.6) is 0 Å². The zero-order chi connectivity index (χ0) is 16.9. The average molecular weight is 343 g/mol. The maximum Gasteiger partial charge on any atom is 0.245 e. The van der Waals surface area contributed by atoms with Crippen molar-refractivity contribution in [3.63, 3.8) is 0 Å². The van der Waals surface area contributed by atoms with Gasteiger partial charge in [-0.05, 0) is 31.7 Å². The number of nitrogens with zero attached hydrogens (tertiary/aromatic N) is 2. The summed E-state index contributed by atoms with van der Waals surface area (Å²) in [4.78, 5) is 30.7. The number of anilines is 1. The molecule has 1 saturated carbocycles. The highest BCUT2D eigenvalue weighted by molar-refractivity contribution is 7.13. The Hall–Kier alpha value is -2.21. The molecule has 0 spiro atoms. The lowest BCUT2D eigenvalue weighted by Gasteiger charge is -2.21. The first-order valence-corrected chi connectivity index (χ1v) is 9.05. The van der Waals surface area contributed by atoms with Crippen LogP contribution < -0.4 is 5.32 Å². The van der Waals surface area contributed by atoms with Crippen LogP contribution in [0.4, 0.5) is 5.13 Å². The van der Waals surface area contributed by atoms with Crippen molar-refractivity contribution in [2.45, 2.75) is 38.6 Å². The number of carbonyl (C=O) groups excluding carboxylic acids is 2. The van der Waals surface area contributed by atoms with Crippen molar-refractivity contribution in [1.29, 1.82) is 0 Å². The maximum atomic E-state index is 12.5. The number of benzene rings is 1. The molecule has 126 valence electrons. The number of carbonyl (C=O) groups is 2. The fraction of sp³-hybridized carbons (Fsp3) is 0.389. The zero-order valence-electron chi connectivity index (χ0n) is 13.7. The topological polar surface area (TPSA) is 62.3 Å². The lowest BCUT2D eigenvalue weighted by Crippen LogP contribution is -2.39. The molecule has 1 heterocycles. The van der Waals surface area contributed by atoms with E-state index >= 15 is 0 Å². The second-order valence-electron chi connectivity index (χ2n) is 6.08. The molecular weight excluding hydrogens is 322 g/mol. The third kappa shape index (κ3) is 4.64. The minimum Gasteiger partial charge on any atom is -0.330 e. The lowest BCUT2D eigenvalue weighted by atomic mass is 10.1. The van der Waals surface area contributed by atoms with E-state index in [1.807, 2.05) is 42.6 Å². The summed E-state index contributed by atoms with van der Waals surface area (Å²) < 4.78 is 0. The van der Waals surface area contributed by atoms with E-state index in [2.05, 4.69) is 10.3 Å². The second-order valence-corrected chi connectivity index (χ2v) is 6.94. The Bertz CT molecular complexity index is 710. The quantitative estimate of drug-likeness (QED) is 0.840. The van der Waals surface area contributed by atoms with Crippen LogP contribution in [-0.4, -0.2) is 34.3 Å². The summed E-state index contributed by atoms with van der Waals surface area (Å²) in [6.45, 7) is 1.99. The minimum absolute atomic E-state index is 0.0480. The second kappa shape index (κ2) is 7.57. The number of hydrogen-bond acceptors (Lipinski definition) is 4. The van der Waals surface area contributed by atoms with Gasteiger partial charge in [-0.1, -0.05) is 30.3 Å². The molecule has 1 aromatic heterocycles. The predicted octanol–water partition coefficient (Wildman–Crippen LogP) is 3.01. The van der Waals surface area contributed by atoms with Crippen LogP contribution in [-0.2, 0) is 16.0 Å². The van der Waals surface area contributed by atoms with Crippen molar-refractivity contribution in [2.75, 3.05) is 11.9 Å². The molecule has 0 bridgehead atoms. The van der Waals surface area contributed by atoms with Gasteiger partial charge in [0.2, 0.25) is 11.8 Å². The molecule has 1 aliphatic rings. The summed E-state index contributed by atoms with van der Waals surface area (Å²) in [6, 6.07) is 10.2. The van der Waals surface area contributed by atoms with E-state index < -0.39 is 0 Å². The van der Waals surface area contributed by atoms with Gasteiger partial charge >= 0.3 is 0 Å². The maximum absolute atomic E-state index is 12.5. The van der Waals surface area contributed by atoms with Crippen LogP contribution in [0, 0.1) is 6.92 Å². The first-order valence-electron chi connectivity index (χ1n) is 8.17. The first-order chi connectivity index (χ1) is 11.6. The first kappa shape index (κ1) is 16.6. The number of rotatable bonds is 7. The van der Waals surface area contributed by atoms with E-state index in [0.717, 1.165) is 24.1 Å². The smallest absolute Gasteiger partial charge is 0.245 e. The van der Waals surface area contributed by atoms with Crippen molar-refractivity contribution in [3.05, 3.63) is 47.0 Å². The number of amides is 2. The van der Waals surface area contributed by atoms with Gasteiger partial charge in [0.25, 0.3) is 0 Å². The number of nitrogens with one attached hydrogen (secondary N) is 1. The van der Waals surface area contributed by atoms with Crippen LogP contribution in [0.25, 0.3) is 0 Å². The van der Waals surface area contributed by atoms with Crippen molar-refractivity contribution in [2.24, 2.45) is 0 Å². The van der Waals surface area contributed by atoms with Gasteiger partial charge in [0, 0.05) is 17.8 Å². The van der Waals surface area contributed by atoms with Crippen LogP contribution in [0.2, 0.25) is 0 Å². The van der Waals surface area contributed by atoms with E-state index in [1.54, 1.807) is 4.90 Å². The van der Waals surface area contributed by atoms with Gasteiger partial charge < -0.3 is 10.2 Å². The van der Waals surface area contributed by atoms with Gasteiger partial charge in [-0.3, -0.25) is 9.59 Å². The highest BCUT2D eigenvalue weighted by Crippen LogP contribution is 2.27. The number of aryl methyl sites for hydroxylation is 2. The summed E-state index contributed by atoms with van der Waals surface area (Å²) >= 11 is 1.40. The van der Waals surface area contributed by atoms with E-state index in [9.17, 15) is 9.59 Å². The normalized spacial score (nSPS) is 13.5. The van der Waals surface area contributed by atoms with Gasteiger partial charge in [-0.25, -0.2) is 4.98 Å². The Morgan fingerprint density at radius 2 is 2.04 bits per heavy atom. The van der Waals surface area contributed by atoms with Crippen molar-refractivity contribution >= 4 is 28.3 Å². The molecule has 1 fully saturated rings. The van der Waals surface area contributed by atoms with Crippen LogP contribution in [0.3, 0.4) is 0 Å². The van der Waals surface area contributed by atoms with Gasteiger partial charge in [-0.2, -0.15) is 0 Å². The third-order valence-corrected chi connectivity index (χ3v) is 4.83. The SMILES string of the molecule is Cc1csc(NC(=O)CN(C(=O)CCc2ccccc2)C2CC2)n1. The molecule has 5 nitrogen and oxygen atoms in total. The highest BCUT2D eigenvalue weighted by Gasteiger charge is 2.33. The third-order valence-electron chi connectivity index (χ3n) is 3.96. The van der Waals surface area contributed by atoms with Gasteiger partial charge in [0.1, 0.15) is 6.54 Å². The van der Waals surface area contributed by atoms with Crippen LogP contribution in [0.15, 0.2) is 35.7 Å². The van der Waals surface area contributed by atoms with E-state index in [1.165, 1.54) is 11.3 Å². The molecule has 0 aliphatic heterocycles. The van der Waals surface area contributed by atoms with Gasteiger partial charge in [0.15, 0.2) is 5.13 Å². The van der Waals surface area contributed by atoms with Gasteiger partial charge in [0.05, 0.1) is 5.69 Å².